The van der Waals surface area contributed by atoms with Crippen molar-refractivity contribution in [1.82, 2.24) is 9.78 Å². The summed E-state index contributed by atoms with van der Waals surface area (Å²) in [5, 5.41) is 13.9. The third kappa shape index (κ3) is 2.64. The molecule has 0 amide bonds. The molecule has 0 saturated heterocycles. The molecular weight excluding hydrogens is 250 g/mol. The predicted molar refractivity (Wildman–Crippen MR) is 82.7 cm³/mol. The van der Waals surface area contributed by atoms with Crippen molar-refractivity contribution < 1.29 is 5.11 Å². The highest BCUT2D eigenvalue weighted by Crippen LogP contribution is 2.28. The molecule has 0 bridgehead atoms. The maximum atomic E-state index is 9.34. The fourth-order valence-corrected chi connectivity index (χ4v) is 2.20. The van der Waals surface area contributed by atoms with Crippen LogP contribution in [0.4, 0.5) is 5.82 Å². The number of nitrogens with zero attached hydrogens (tertiary/aromatic N) is 3. The molecule has 0 atom stereocenters. The zero-order chi connectivity index (χ0) is 14.7. The van der Waals surface area contributed by atoms with Crippen LogP contribution in [0.3, 0.4) is 0 Å². The number of aliphatic imine (C=N–C) groups is 1. The molecule has 0 aliphatic carbocycles. The lowest BCUT2D eigenvalue weighted by molar-refractivity contribution is 0.475. The Hall–Kier alpha value is -2.36. The van der Waals surface area contributed by atoms with Crippen molar-refractivity contribution in [1.29, 1.82) is 0 Å². The minimum Gasteiger partial charge on any atom is -0.508 e. The fraction of sp³-hybridized carbons (Fsp3) is 0.250. The Kier molecular flexibility index (Phi) is 4.03. The molecule has 0 fully saturated rings. The molecular formula is C16H19N3O. The number of rotatable bonds is 5. The molecule has 0 aliphatic heterocycles. The average molecular weight is 269 g/mol. The van der Waals surface area contributed by atoms with Gasteiger partial charge in [0.25, 0.3) is 0 Å². The third-order valence-corrected chi connectivity index (χ3v) is 3.20. The molecule has 0 spiro atoms. The molecule has 1 aromatic heterocycles. The summed E-state index contributed by atoms with van der Waals surface area (Å²) in [6.07, 6.45) is 1.54. The Labute approximate surface area is 119 Å². The molecule has 0 unspecified atom stereocenters. The predicted octanol–water partition coefficient (Wildman–Crippen LogP) is 3.56. The van der Waals surface area contributed by atoms with Gasteiger partial charge in [-0.05, 0) is 37.8 Å². The Morgan fingerprint density at radius 3 is 2.50 bits per heavy atom. The lowest BCUT2D eigenvalue weighted by atomic mass is 10.0. The van der Waals surface area contributed by atoms with Gasteiger partial charge in [0, 0.05) is 17.7 Å². The molecule has 4 heteroatoms. The van der Waals surface area contributed by atoms with Crippen LogP contribution in [0.25, 0.3) is 5.70 Å². The van der Waals surface area contributed by atoms with Crippen molar-refractivity contribution >= 4 is 18.2 Å². The van der Waals surface area contributed by atoms with E-state index in [2.05, 4.69) is 30.3 Å². The van der Waals surface area contributed by atoms with Crippen LogP contribution in [-0.2, 0) is 12.8 Å². The topological polar surface area (TPSA) is 50.4 Å². The number of phenols is 1. The summed E-state index contributed by atoms with van der Waals surface area (Å²) in [4.78, 5) is 4.11. The highest BCUT2D eigenvalue weighted by molar-refractivity contribution is 5.57. The standard InChI is InChI=1S/C16H19N3O/c1-5-15-14(10-12-6-8-13(20)9-7-12)16(17-4)19(18-15)11(2)3/h6-9,20H,2,4-5,10H2,1,3H3. The van der Waals surface area contributed by atoms with Crippen LogP contribution >= 0.6 is 0 Å². The van der Waals surface area contributed by atoms with Gasteiger partial charge in [-0.15, -0.1) is 0 Å². The largest absolute Gasteiger partial charge is 0.508 e. The van der Waals surface area contributed by atoms with E-state index in [4.69, 9.17) is 0 Å². The van der Waals surface area contributed by atoms with Crippen LogP contribution in [0.5, 0.6) is 5.75 Å². The van der Waals surface area contributed by atoms with E-state index in [1.165, 1.54) is 0 Å². The highest BCUT2D eigenvalue weighted by Gasteiger charge is 2.16. The van der Waals surface area contributed by atoms with Crippen molar-refractivity contribution in [2.24, 2.45) is 4.99 Å². The van der Waals surface area contributed by atoms with Gasteiger partial charge in [-0.3, -0.25) is 0 Å². The van der Waals surface area contributed by atoms with Gasteiger partial charge < -0.3 is 5.11 Å². The van der Waals surface area contributed by atoms with Crippen molar-refractivity contribution in [3.05, 3.63) is 47.7 Å². The summed E-state index contributed by atoms with van der Waals surface area (Å²) < 4.78 is 1.74. The summed E-state index contributed by atoms with van der Waals surface area (Å²) in [6.45, 7) is 11.5. The van der Waals surface area contributed by atoms with Crippen LogP contribution in [0.1, 0.15) is 30.7 Å². The van der Waals surface area contributed by atoms with Crippen LogP contribution in [0.2, 0.25) is 0 Å². The van der Waals surface area contributed by atoms with E-state index >= 15 is 0 Å². The van der Waals surface area contributed by atoms with E-state index in [0.29, 0.717) is 6.42 Å². The van der Waals surface area contributed by atoms with E-state index in [-0.39, 0.29) is 5.75 Å². The maximum absolute atomic E-state index is 9.34. The van der Waals surface area contributed by atoms with Crippen molar-refractivity contribution in [3.8, 4) is 5.75 Å². The summed E-state index contributed by atoms with van der Waals surface area (Å²) in [7, 11) is 0. The normalized spacial score (nSPS) is 10.5. The lowest BCUT2D eigenvalue weighted by Gasteiger charge is -2.05. The molecule has 20 heavy (non-hydrogen) atoms. The number of aromatic nitrogens is 2. The minimum atomic E-state index is 0.268. The maximum Gasteiger partial charge on any atom is 0.158 e. The number of hydrogen-bond donors (Lipinski definition) is 1. The SMILES string of the molecule is C=Nc1c(Cc2ccc(O)cc2)c(CC)nn1C(=C)C. The fourth-order valence-electron chi connectivity index (χ4n) is 2.20. The van der Waals surface area contributed by atoms with Crippen LogP contribution in [0, 0.1) is 0 Å². The van der Waals surface area contributed by atoms with Gasteiger partial charge in [-0.25, -0.2) is 9.67 Å². The summed E-state index contributed by atoms with van der Waals surface area (Å²) in [5.41, 5.74) is 3.99. The highest BCUT2D eigenvalue weighted by atomic mass is 16.3. The number of aryl methyl sites for hydroxylation is 1. The molecule has 4 nitrogen and oxygen atoms in total. The zero-order valence-electron chi connectivity index (χ0n) is 11.9. The Balaban J connectivity index is 2.46. The Morgan fingerprint density at radius 2 is 2.00 bits per heavy atom. The first-order chi connectivity index (χ1) is 9.56. The summed E-state index contributed by atoms with van der Waals surface area (Å²) >= 11 is 0. The smallest absolute Gasteiger partial charge is 0.158 e. The van der Waals surface area contributed by atoms with Crippen LogP contribution in [-0.4, -0.2) is 21.6 Å². The second kappa shape index (κ2) is 5.74. The van der Waals surface area contributed by atoms with Gasteiger partial charge in [0.1, 0.15) is 5.75 Å². The third-order valence-electron chi connectivity index (χ3n) is 3.20. The number of allylic oxidation sites excluding steroid dienone is 1. The molecule has 0 aliphatic rings. The molecule has 1 aromatic carbocycles. The van der Waals surface area contributed by atoms with Gasteiger partial charge >= 0.3 is 0 Å². The van der Waals surface area contributed by atoms with Crippen molar-refractivity contribution in [3.63, 3.8) is 0 Å². The number of hydrogen-bond acceptors (Lipinski definition) is 3. The van der Waals surface area contributed by atoms with Gasteiger partial charge in [0.05, 0.1) is 5.69 Å². The van der Waals surface area contributed by atoms with E-state index in [1.54, 1.807) is 16.8 Å². The quantitative estimate of drug-likeness (QED) is 0.844. The molecule has 2 rings (SSSR count). The van der Waals surface area contributed by atoms with Crippen LogP contribution in [0.15, 0.2) is 35.8 Å². The molecule has 0 radical (unpaired) electrons. The second-order valence-electron chi connectivity index (χ2n) is 4.75. The summed E-state index contributed by atoms with van der Waals surface area (Å²) in [5.74, 6) is 1.02. The van der Waals surface area contributed by atoms with E-state index in [1.807, 2.05) is 19.1 Å². The first kappa shape index (κ1) is 14.1. The van der Waals surface area contributed by atoms with Crippen LogP contribution < -0.4 is 0 Å². The molecule has 0 saturated carbocycles. The first-order valence-corrected chi connectivity index (χ1v) is 6.58. The van der Waals surface area contributed by atoms with Gasteiger partial charge in [-0.2, -0.15) is 5.10 Å². The molecule has 104 valence electrons. The average Bonchev–Trinajstić information content (AvgIpc) is 2.79. The lowest BCUT2D eigenvalue weighted by Crippen LogP contribution is -1.94. The van der Waals surface area contributed by atoms with Gasteiger partial charge in [-0.1, -0.05) is 25.6 Å². The molecule has 1 heterocycles. The monoisotopic (exact) mass is 269 g/mol. The van der Waals surface area contributed by atoms with Crippen molar-refractivity contribution in [2.45, 2.75) is 26.7 Å². The Bertz CT molecular complexity index is 638. The summed E-state index contributed by atoms with van der Waals surface area (Å²) in [6, 6.07) is 7.18. The van der Waals surface area contributed by atoms with E-state index < -0.39 is 0 Å². The van der Waals surface area contributed by atoms with E-state index in [9.17, 15) is 5.11 Å². The Morgan fingerprint density at radius 1 is 1.35 bits per heavy atom. The second-order valence-corrected chi connectivity index (χ2v) is 4.75. The van der Waals surface area contributed by atoms with Gasteiger partial charge in [0.15, 0.2) is 5.82 Å². The van der Waals surface area contributed by atoms with Crippen molar-refractivity contribution in [2.75, 3.05) is 0 Å². The number of aromatic hydroxyl groups is 1. The molecule has 2 aromatic rings. The zero-order valence-corrected chi connectivity index (χ0v) is 11.9. The number of phenolic OH excluding ortho intramolecular Hbond substituents is 1. The number of benzene rings is 1. The molecule has 1 N–H and O–H groups in total. The minimum absolute atomic E-state index is 0.268. The van der Waals surface area contributed by atoms with E-state index in [0.717, 1.165) is 34.8 Å². The first-order valence-electron chi connectivity index (χ1n) is 6.58. The van der Waals surface area contributed by atoms with Gasteiger partial charge in [0.2, 0.25) is 0 Å².